The molecule has 1 aromatic rings. The zero-order chi connectivity index (χ0) is 16.0. The number of anilines is 1. The molecule has 0 heterocycles. The van der Waals surface area contributed by atoms with Crippen molar-refractivity contribution in [2.45, 2.75) is 12.6 Å². The summed E-state index contributed by atoms with van der Waals surface area (Å²) < 4.78 is 39.6. The van der Waals surface area contributed by atoms with Crippen LogP contribution in [0.5, 0.6) is 5.75 Å². The van der Waals surface area contributed by atoms with E-state index in [-0.39, 0.29) is 17.7 Å². The SMILES string of the molecule is O=C(CCOCC(F)(F)F)Nc1ccc(C(=O)O)cc1O. The van der Waals surface area contributed by atoms with Gasteiger partial charge in [-0.1, -0.05) is 0 Å². The fraction of sp³-hybridized carbons (Fsp3) is 0.333. The molecule has 0 fully saturated rings. The molecular formula is C12H12F3NO5. The number of carboxylic acid groups (broad SMARTS) is 1. The van der Waals surface area contributed by atoms with Crippen LogP contribution in [0.15, 0.2) is 18.2 Å². The molecule has 0 spiro atoms. The molecule has 3 N–H and O–H groups in total. The minimum Gasteiger partial charge on any atom is -0.506 e. The molecule has 0 aliphatic rings. The van der Waals surface area contributed by atoms with E-state index in [1.54, 1.807) is 0 Å². The number of aromatic hydroxyl groups is 1. The number of carbonyl (C=O) groups is 2. The van der Waals surface area contributed by atoms with E-state index in [0.717, 1.165) is 12.1 Å². The number of hydrogen-bond donors (Lipinski definition) is 3. The average molecular weight is 307 g/mol. The standard InChI is InChI=1S/C12H12F3NO5/c13-12(14,15)6-21-4-3-10(18)16-8-2-1-7(11(19)20)5-9(8)17/h1-2,5,17H,3-4,6H2,(H,16,18)(H,19,20). The lowest BCUT2D eigenvalue weighted by atomic mass is 10.2. The molecule has 0 radical (unpaired) electrons. The molecule has 116 valence electrons. The van der Waals surface area contributed by atoms with Gasteiger partial charge in [0.15, 0.2) is 0 Å². The van der Waals surface area contributed by atoms with Crippen LogP contribution in [0.1, 0.15) is 16.8 Å². The highest BCUT2D eigenvalue weighted by atomic mass is 19.4. The summed E-state index contributed by atoms with van der Waals surface area (Å²) in [7, 11) is 0. The first-order valence-corrected chi connectivity index (χ1v) is 5.69. The monoisotopic (exact) mass is 307 g/mol. The number of carboxylic acids is 1. The number of halogens is 3. The first kappa shape index (κ1) is 16.8. The molecule has 0 saturated carbocycles. The molecule has 0 atom stereocenters. The summed E-state index contributed by atoms with van der Waals surface area (Å²) in [4.78, 5) is 22.0. The van der Waals surface area contributed by atoms with E-state index >= 15 is 0 Å². The first-order chi connectivity index (χ1) is 9.69. The molecule has 0 unspecified atom stereocenters. The summed E-state index contributed by atoms with van der Waals surface area (Å²) in [6.45, 7) is -1.88. The van der Waals surface area contributed by atoms with Crippen molar-refractivity contribution < 1.29 is 37.7 Å². The number of carbonyl (C=O) groups excluding carboxylic acids is 1. The maximum absolute atomic E-state index is 11.8. The highest BCUT2D eigenvalue weighted by Gasteiger charge is 2.27. The van der Waals surface area contributed by atoms with E-state index in [9.17, 15) is 27.9 Å². The van der Waals surface area contributed by atoms with E-state index in [1.165, 1.54) is 6.07 Å². The van der Waals surface area contributed by atoms with Gasteiger partial charge in [-0.15, -0.1) is 0 Å². The Kier molecular flexibility index (Phi) is 5.53. The summed E-state index contributed by atoms with van der Waals surface area (Å²) >= 11 is 0. The van der Waals surface area contributed by atoms with Crippen molar-refractivity contribution in [3.05, 3.63) is 23.8 Å². The minimum absolute atomic E-state index is 0.0409. The van der Waals surface area contributed by atoms with Gasteiger partial charge in [0, 0.05) is 0 Å². The van der Waals surface area contributed by atoms with Crippen molar-refractivity contribution in [2.75, 3.05) is 18.5 Å². The minimum atomic E-state index is -4.46. The van der Waals surface area contributed by atoms with E-state index in [0.29, 0.717) is 0 Å². The van der Waals surface area contributed by atoms with Crippen LogP contribution in [0, 0.1) is 0 Å². The van der Waals surface area contributed by atoms with Gasteiger partial charge in [0.1, 0.15) is 12.4 Å². The van der Waals surface area contributed by atoms with Gasteiger partial charge >= 0.3 is 12.1 Å². The zero-order valence-electron chi connectivity index (χ0n) is 10.6. The third-order valence-electron chi connectivity index (χ3n) is 2.26. The van der Waals surface area contributed by atoms with Crippen LogP contribution in [0.25, 0.3) is 0 Å². The van der Waals surface area contributed by atoms with E-state index in [4.69, 9.17) is 5.11 Å². The molecule has 0 bridgehead atoms. The predicted octanol–water partition coefficient (Wildman–Crippen LogP) is 2.00. The van der Waals surface area contributed by atoms with Gasteiger partial charge in [-0.2, -0.15) is 13.2 Å². The topological polar surface area (TPSA) is 95.9 Å². The van der Waals surface area contributed by atoms with Gasteiger partial charge in [0.05, 0.1) is 24.3 Å². The first-order valence-electron chi connectivity index (χ1n) is 5.69. The van der Waals surface area contributed by atoms with Crippen molar-refractivity contribution >= 4 is 17.6 Å². The number of hydrogen-bond acceptors (Lipinski definition) is 4. The Morgan fingerprint density at radius 3 is 2.48 bits per heavy atom. The molecule has 0 aliphatic carbocycles. The van der Waals surface area contributed by atoms with Crippen LogP contribution in [-0.4, -0.2) is 41.5 Å². The average Bonchev–Trinajstić information content (AvgIpc) is 2.36. The number of rotatable bonds is 6. The number of amides is 1. The normalized spacial score (nSPS) is 11.2. The predicted molar refractivity (Wildman–Crippen MR) is 65.2 cm³/mol. The number of ether oxygens (including phenoxy) is 1. The van der Waals surface area contributed by atoms with E-state index < -0.39 is 37.0 Å². The molecule has 1 amide bonds. The van der Waals surface area contributed by atoms with Gasteiger partial charge in [0.25, 0.3) is 0 Å². The molecule has 6 nitrogen and oxygen atoms in total. The second kappa shape index (κ2) is 6.93. The zero-order valence-corrected chi connectivity index (χ0v) is 10.6. The quantitative estimate of drug-likeness (QED) is 0.552. The Balaban J connectivity index is 2.46. The van der Waals surface area contributed by atoms with Crippen LogP contribution in [0.3, 0.4) is 0 Å². The molecule has 0 saturated heterocycles. The van der Waals surface area contributed by atoms with Gasteiger partial charge in [-0.25, -0.2) is 4.79 Å². The van der Waals surface area contributed by atoms with Crippen molar-refractivity contribution in [3.63, 3.8) is 0 Å². The summed E-state index contributed by atoms with van der Waals surface area (Å²) in [6.07, 6.45) is -4.79. The molecule has 9 heteroatoms. The largest absolute Gasteiger partial charge is 0.506 e. The lowest BCUT2D eigenvalue weighted by molar-refractivity contribution is -0.174. The Bertz CT molecular complexity index is 530. The van der Waals surface area contributed by atoms with Crippen LogP contribution >= 0.6 is 0 Å². The van der Waals surface area contributed by atoms with Crippen molar-refractivity contribution in [2.24, 2.45) is 0 Å². The third kappa shape index (κ3) is 6.13. The van der Waals surface area contributed by atoms with Crippen LogP contribution in [0.2, 0.25) is 0 Å². The highest BCUT2D eigenvalue weighted by molar-refractivity contribution is 5.94. The van der Waals surface area contributed by atoms with E-state index in [1.807, 2.05) is 0 Å². The maximum Gasteiger partial charge on any atom is 0.411 e. The van der Waals surface area contributed by atoms with Crippen molar-refractivity contribution in [3.8, 4) is 5.75 Å². The molecule has 21 heavy (non-hydrogen) atoms. The lowest BCUT2D eigenvalue weighted by Gasteiger charge is -2.09. The van der Waals surface area contributed by atoms with Crippen molar-refractivity contribution in [1.29, 1.82) is 0 Å². The fourth-order valence-corrected chi connectivity index (χ4v) is 1.34. The van der Waals surface area contributed by atoms with Gasteiger partial charge in [-0.3, -0.25) is 4.79 Å². The van der Waals surface area contributed by atoms with Gasteiger partial charge < -0.3 is 20.3 Å². The molecule has 1 rings (SSSR count). The summed E-state index contributed by atoms with van der Waals surface area (Å²) in [5.41, 5.74) is -0.208. The fourth-order valence-electron chi connectivity index (χ4n) is 1.34. The Hall–Kier alpha value is -2.29. The van der Waals surface area contributed by atoms with Crippen LogP contribution in [-0.2, 0) is 9.53 Å². The van der Waals surface area contributed by atoms with Crippen molar-refractivity contribution in [1.82, 2.24) is 0 Å². The number of benzene rings is 1. The Morgan fingerprint density at radius 1 is 1.29 bits per heavy atom. The number of phenolic OH excluding ortho intramolecular Hbond substituents is 1. The number of aromatic carboxylic acids is 1. The van der Waals surface area contributed by atoms with E-state index in [2.05, 4.69) is 10.1 Å². The van der Waals surface area contributed by atoms with Crippen LogP contribution in [0.4, 0.5) is 18.9 Å². The molecular weight excluding hydrogens is 295 g/mol. The van der Waals surface area contributed by atoms with Gasteiger partial charge in [-0.05, 0) is 18.2 Å². The number of phenols is 1. The second-order valence-electron chi connectivity index (χ2n) is 4.00. The third-order valence-corrected chi connectivity index (χ3v) is 2.26. The van der Waals surface area contributed by atoms with Crippen LogP contribution < -0.4 is 5.32 Å². The number of nitrogens with one attached hydrogen (secondary N) is 1. The summed E-state index contributed by atoms with van der Waals surface area (Å²) in [5, 5.41) is 20.4. The number of alkyl halides is 3. The lowest BCUT2D eigenvalue weighted by Crippen LogP contribution is -2.20. The Labute approximate surface area is 117 Å². The maximum atomic E-state index is 11.8. The molecule has 0 aromatic heterocycles. The van der Waals surface area contributed by atoms with Gasteiger partial charge in [0.2, 0.25) is 5.91 Å². The highest BCUT2D eigenvalue weighted by Crippen LogP contribution is 2.24. The Morgan fingerprint density at radius 2 is 1.95 bits per heavy atom. The molecule has 0 aliphatic heterocycles. The summed E-state index contributed by atoms with van der Waals surface area (Å²) in [5.74, 6) is -2.38. The molecule has 1 aromatic carbocycles. The smallest absolute Gasteiger partial charge is 0.411 e. The second-order valence-corrected chi connectivity index (χ2v) is 4.00. The summed E-state index contributed by atoms with van der Waals surface area (Å²) in [6, 6.07) is 3.28.